The molecular formula is C10H9FN2OS. The molecule has 0 aliphatic rings. The highest BCUT2D eigenvalue weighted by Gasteiger charge is 2.01. The van der Waals surface area contributed by atoms with Crippen LogP contribution in [0.15, 0.2) is 34.6 Å². The molecule has 0 spiro atoms. The van der Waals surface area contributed by atoms with E-state index >= 15 is 0 Å². The molecule has 15 heavy (non-hydrogen) atoms. The van der Waals surface area contributed by atoms with E-state index in [0.717, 1.165) is 11.3 Å². The average Bonchev–Trinajstić information content (AvgIpc) is 2.50. The number of nitrogen functional groups attached to an aromatic ring is 1. The number of rotatable bonds is 2. The molecule has 2 rings (SSSR count). The Hall–Kier alpha value is -1.62. The van der Waals surface area contributed by atoms with E-state index in [2.05, 4.69) is 0 Å². The van der Waals surface area contributed by atoms with E-state index in [4.69, 9.17) is 5.73 Å². The average molecular weight is 224 g/mol. The predicted molar refractivity (Wildman–Crippen MR) is 58.5 cm³/mol. The second-order valence-corrected chi connectivity index (χ2v) is 4.05. The lowest BCUT2D eigenvalue weighted by Gasteiger charge is -2.03. The quantitative estimate of drug-likeness (QED) is 0.789. The van der Waals surface area contributed by atoms with Crippen LogP contribution in [0.2, 0.25) is 0 Å². The Bertz CT molecular complexity index is 512. The van der Waals surface area contributed by atoms with Crippen LogP contribution in [-0.2, 0) is 6.54 Å². The minimum Gasteiger partial charge on any atom is -0.399 e. The van der Waals surface area contributed by atoms with E-state index in [9.17, 15) is 9.18 Å². The van der Waals surface area contributed by atoms with Crippen molar-refractivity contribution in [1.29, 1.82) is 0 Å². The zero-order valence-electron chi connectivity index (χ0n) is 7.81. The van der Waals surface area contributed by atoms with E-state index < -0.39 is 0 Å². The monoisotopic (exact) mass is 224 g/mol. The molecule has 1 aromatic heterocycles. The van der Waals surface area contributed by atoms with E-state index in [0.29, 0.717) is 17.8 Å². The lowest BCUT2D eigenvalue weighted by Crippen LogP contribution is -2.12. The van der Waals surface area contributed by atoms with Crippen LogP contribution in [0, 0.1) is 5.82 Å². The Balaban J connectivity index is 2.32. The van der Waals surface area contributed by atoms with Gasteiger partial charge in [-0.3, -0.25) is 4.79 Å². The Morgan fingerprint density at radius 1 is 1.40 bits per heavy atom. The Kier molecular flexibility index (Phi) is 2.55. The van der Waals surface area contributed by atoms with Crippen LogP contribution in [0.5, 0.6) is 0 Å². The molecule has 3 nitrogen and oxygen atoms in total. The lowest BCUT2D eigenvalue weighted by molar-refractivity contribution is 0.624. The predicted octanol–water partition coefficient (Wildman–Crippen LogP) is 1.68. The van der Waals surface area contributed by atoms with Gasteiger partial charge in [-0.25, -0.2) is 4.39 Å². The van der Waals surface area contributed by atoms with Gasteiger partial charge in [0, 0.05) is 17.3 Å². The first-order valence-electron chi connectivity index (χ1n) is 4.34. The largest absolute Gasteiger partial charge is 0.399 e. The summed E-state index contributed by atoms with van der Waals surface area (Å²) >= 11 is 1.11. The number of aromatic nitrogens is 1. The van der Waals surface area contributed by atoms with Gasteiger partial charge in [0.2, 0.25) is 0 Å². The van der Waals surface area contributed by atoms with E-state index in [-0.39, 0.29) is 10.7 Å². The number of nitrogens with zero attached hydrogens (tertiary/aromatic N) is 1. The van der Waals surface area contributed by atoms with Gasteiger partial charge in [-0.05, 0) is 23.8 Å². The van der Waals surface area contributed by atoms with Crippen molar-refractivity contribution in [3.63, 3.8) is 0 Å². The van der Waals surface area contributed by atoms with Gasteiger partial charge in [0.1, 0.15) is 5.82 Å². The van der Waals surface area contributed by atoms with Crippen LogP contribution in [0.1, 0.15) is 5.56 Å². The second kappa shape index (κ2) is 3.86. The molecule has 0 saturated heterocycles. The molecule has 0 saturated carbocycles. The van der Waals surface area contributed by atoms with Gasteiger partial charge in [-0.1, -0.05) is 11.3 Å². The van der Waals surface area contributed by atoms with Crippen molar-refractivity contribution in [2.45, 2.75) is 6.54 Å². The fraction of sp³-hybridized carbons (Fsp3) is 0.100. The molecule has 0 radical (unpaired) electrons. The molecular weight excluding hydrogens is 215 g/mol. The van der Waals surface area contributed by atoms with Gasteiger partial charge in [0.05, 0.1) is 6.54 Å². The first-order valence-corrected chi connectivity index (χ1v) is 5.22. The summed E-state index contributed by atoms with van der Waals surface area (Å²) < 4.78 is 14.5. The third-order valence-electron chi connectivity index (χ3n) is 1.98. The zero-order chi connectivity index (χ0) is 10.8. The molecule has 1 aromatic carbocycles. The van der Waals surface area contributed by atoms with Crippen molar-refractivity contribution < 1.29 is 4.39 Å². The smallest absolute Gasteiger partial charge is 0.307 e. The van der Waals surface area contributed by atoms with Crippen LogP contribution in [0.3, 0.4) is 0 Å². The maximum Gasteiger partial charge on any atom is 0.307 e. The molecule has 5 heteroatoms. The van der Waals surface area contributed by atoms with Gasteiger partial charge >= 0.3 is 4.87 Å². The van der Waals surface area contributed by atoms with Gasteiger partial charge in [0.25, 0.3) is 0 Å². The summed E-state index contributed by atoms with van der Waals surface area (Å²) in [4.78, 5) is 11.2. The molecule has 0 bridgehead atoms. The van der Waals surface area contributed by atoms with Crippen LogP contribution in [0.4, 0.5) is 10.1 Å². The lowest BCUT2D eigenvalue weighted by atomic mass is 10.2. The topological polar surface area (TPSA) is 48.0 Å². The number of hydrogen-bond donors (Lipinski definition) is 1. The SMILES string of the molecule is Nc1cc(F)cc(Cn2ccsc2=O)c1. The molecule has 1 heterocycles. The summed E-state index contributed by atoms with van der Waals surface area (Å²) in [5.74, 6) is -0.381. The standard InChI is InChI=1S/C10H9FN2OS/c11-8-3-7(4-9(12)5-8)6-13-1-2-15-10(13)14/h1-5H,6,12H2. The van der Waals surface area contributed by atoms with Gasteiger partial charge in [-0.15, -0.1) is 0 Å². The molecule has 78 valence electrons. The molecule has 0 fully saturated rings. The molecule has 0 unspecified atom stereocenters. The van der Waals surface area contributed by atoms with Crippen molar-refractivity contribution in [3.8, 4) is 0 Å². The number of benzene rings is 1. The molecule has 2 N–H and O–H groups in total. The van der Waals surface area contributed by atoms with Crippen LogP contribution >= 0.6 is 11.3 Å². The third kappa shape index (κ3) is 2.24. The number of hydrogen-bond acceptors (Lipinski definition) is 3. The third-order valence-corrected chi connectivity index (χ3v) is 2.67. The van der Waals surface area contributed by atoms with E-state index in [1.807, 2.05) is 0 Å². The van der Waals surface area contributed by atoms with Crippen molar-refractivity contribution in [2.75, 3.05) is 5.73 Å². The fourth-order valence-corrected chi connectivity index (χ4v) is 1.96. The second-order valence-electron chi connectivity index (χ2n) is 3.19. The summed E-state index contributed by atoms with van der Waals surface area (Å²) in [6.07, 6.45) is 1.67. The summed E-state index contributed by atoms with van der Waals surface area (Å²) in [7, 11) is 0. The first kappa shape index (κ1) is 9.92. The van der Waals surface area contributed by atoms with Crippen molar-refractivity contribution in [3.05, 3.63) is 50.8 Å². The van der Waals surface area contributed by atoms with E-state index in [1.54, 1.807) is 17.6 Å². The van der Waals surface area contributed by atoms with Crippen LogP contribution in [-0.4, -0.2) is 4.57 Å². The van der Waals surface area contributed by atoms with Crippen molar-refractivity contribution in [1.82, 2.24) is 4.57 Å². The molecule has 0 aliphatic carbocycles. The Labute approximate surface area is 89.6 Å². The summed E-state index contributed by atoms with van der Waals surface area (Å²) in [6, 6.07) is 4.29. The number of nitrogens with two attached hydrogens (primary N) is 1. The molecule has 2 aromatic rings. The molecule has 0 aliphatic heterocycles. The maximum absolute atomic E-state index is 13.0. The highest BCUT2D eigenvalue weighted by molar-refractivity contribution is 7.07. The molecule has 0 atom stereocenters. The van der Waals surface area contributed by atoms with E-state index in [1.165, 1.54) is 16.7 Å². The first-order chi connectivity index (χ1) is 7.15. The summed E-state index contributed by atoms with van der Waals surface area (Å²) in [5, 5.41) is 1.70. The zero-order valence-corrected chi connectivity index (χ0v) is 8.63. The highest BCUT2D eigenvalue weighted by Crippen LogP contribution is 2.11. The number of thiazole rings is 1. The minimum atomic E-state index is -0.381. The van der Waals surface area contributed by atoms with Crippen molar-refractivity contribution in [2.24, 2.45) is 0 Å². The Morgan fingerprint density at radius 2 is 2.20 bits per heavy atom. The van der Waals surface area contributed by atoms with Crippen molar-refractivity contribution >= 4 is 17.0 Å². The number of anilines is 1. The maximum atomic E-state index is 13.0. The Morgan fingerprint density at radius 3 is 2.80 bits per heavy atom. The summed E-state index contributed by atoms with van der Waals surface area (Å²) in [5.41, 5.74) is 6.56. The minimum absolute atomic E-state index is 0.0576. The highest BCUT2D eigenvalue weighted by atomic mass is 32.1. The fourth-order valence-electron chi connectivity index (χ4n) is 1.37. The van der Waals surface area contributed by atoms with Gasteiger partial charge < -0.3 is 10.3 Å². The van der Waals surface area contributed by atoms with Crippen LogP contribution < -0.4 is 10.6 Å². The number of halogens is 1. The van der Waals surface area contributed by atoms with Crippen LogP contribution in [0.25, 0.3) is 0 Å². The van der Waals surface area contributed by atoms with Gasteiger partial charge in [-0.2, -0.15) is 0 Å². The normalized spacial score (nSPS) is 10.5. The molecule has 0 amide bonds. The van der Waals surface area contributed by atoms with Gasteiger partial charge in [0.15, 0.2) is 0 Å². The summed E-state index contributed by atoms with van der Waals surface area (Å²) in [6.45, 7) is 0.351.